The lowest BCUT2D eigenvalue weighted by molar-refractivity contribution is 0.497. The summed E-state index contributed by atoms with van der Waals surface area (Å²) in [7, 11) is -3.15. The van der Waals surface area contributed by atoms with E-state index in [1.807, 2.05) is 19.1 Å². The van der Waals surface area contributed by atoms with Crippen LogP contribution in [0.3, 0.4) is 0 Å². The molecule has 102 valence electrons. The Morgan fingerprint density at radius 2 is 1.67 bits per heavy atom. The highest BCUT2D eigenvalue weighted by atomic mass is 32.2. The van der Waals surface area contributed by atoms with E-state index in [4.69, 9.17) is 0 Å². The van der Waals surface area contributed by atoms with Gasteiger partial charge in [0.25, 0.3) is 0 Å². The minimum atomic E-state index is -3.15. The molecule has 0 aromatic heterocycles. The first kappa shape index (κ1) is 15.2. The van der Waals surface area contributed by atoms with E-state index in [0.29, 0.717) is 17.5 Å². The summed E-state index contributed by atoms with van der Waals surface area (Å²) in [4.78, 5) is 0.416. The zero-order valence-corrected chi connectivity index (χ0v) is 12.3. The summed E-state index contributed by atoms with van der Waals surface area (Å²) in [5.41, 5.74) is 1.07. The van der Waals surface area contributed by atoms with Crippen LogP contribution in [0.1, 0.15) is 32.3 Å². The highest BCUT2D eigenvalue weighted by molar-refractivity contribution is 7.91. The lowest BCUT2D eigenvalue weighted by Gasteiger charge is -2.14. The smallest absolute Gasteiger partial charge is 0.179 e. The molecule has 1 N–H and O–H groups in total. The number of hydrogen-bond acceptors (Lipinski definition) is 3. The predicted octanol–water partition coefficient (Wildman–Crippen LogP) is 2.55. The second kappa shape index (κ2) is 6.90. The van der Waals surface area contributed by atoms with Gasteiger partial charge >= 0.3 is 0 Å². The topological polar surface area (TPSA) is 46.2 Å². The molecule has 0 amide bonds. The highest BCUT2D eigenvalue weighted by Crippen LogP contribution is 2.11. The zero-order valence-electron chi connectivity index (χ0n) is 11.4. The SMILES string of the molecule is CCC(CC)NCCS(=O)(=O)c1ccc(C)cc1. The van der Waals surface area contributed by atoms with Crippen LogP contribution < -0.4 is 5.32 Å². The van der Waals surface area contributed by atoms with E-state index < -0.39 is 9.84 Å². The van der Waals surface area contributed by atoms with Crippen molar-refractivity contribution in [1.29, 1.82) is 0 Å². The van der Waals surface area contributed by atoms with Gasteiger partial charge < -0.3 is 5.32 Å². The van der Waals surface area contributed by atoms with Crippen LogP contribution in [-0.4, -0.2) is 26.8 Å². The van der Waals surface area contributed by atoms with E-state index in [-0.39, 0.29) is 5.75 Å². The summed E-state index contributed by atoms with van der Waals surface area (Å²) in [5, 5.41) is 3.28. The highest BCUT2D eigenvalue weighted by Gasteiger charge is 2.14. The Labute approximate surface area is 111 Å². The van der Waals surface area contributed by atoms with Crippen LogP contribution in [0.25, 0.3) is 0 Å². The van der Waals surface area contributed by atoms with Crippen molar-refractivity contribution >= 4 is 9.84 Å². The van der Waals surface area contributed by atoms with E-state index >= 15 is 0 Å². The van der Waals surface area contributed by atoms with Crippen molar-refractivity contribution in [2.24, 2.45) is 0 Å². The van der Waals surface area contributed by atoms with Crippen LogP contribution in [0.2, 0.25) is 0 Å². The molecule has 0 unspecified atom stereocenters. The molecule has 1 aromatic rings. The molecule has 0 radical (unpaired) electrons. The van der Waals surface area contributed by atoms with Crippen LogP contribution in [0.15, 0.2) is 29.2 Å². The lowest BCUT2D eigenvalue weighted by atomic mass is 10.2. The van der Waals surface area contributed by atoms with Crippen molar-refractivity contribution in [3.05, 3.63) is 29.8 Å². The van der Waals surface area contributed by atoms with Crippen molar-refractivity contribution in [2.75, 3.05) is 12.3 Å². The third kappa shape index (κ3) is 4.42. The molecule has 0 aliphatic rings. The molecule has 1 rings (SSSR count). The van der Waals surface area contributed by atoms with Gasteiger partial charge in [-0.3, -0.25) is 0 Å². The molecule has 1 aromatic carbocycles. The Kier molecular flexibility index (Phi) is 5.82. The molecule has 0 atom stereocenters. The Balaban J connectivity index is 2.57. The fourth-order valence-electron chi connectivity index (χ4n) is 1.84. The standard InChI is InChI=1S/C14H23NO2S/c1-4-13(5-2)15-10-11-18(16,17)14-8-6-12(3)7-9-14/h6-9,13,15H,4-5,10-11H2,1-3H3. The number of nitrogens with one attached hydrogen (secondary N) is 1. The van der Waals surface area contributed by atoms with Gasteiger partial charge in [-0.2, -0.15) is 0 Å². The predicted molar refractivity (Wildman–Crippen MR) is 75.6 cm³/mol. The van der Waals surface area contributed by atoms with Gasteiger partial charge in [0.15, 0.2) is 9.84 Å². The Morgan fingerprint density at radius 3 is 2.17 bits per heavy atom. The van der Waals surface area contributed by atoms with Crippen molar-refractivity contribution in [1.82, 2.24) is 5.32 Å². The molecule has 0 aliphatic carbocycles. The molecule has 0 saturated carbocycles. The number of hydrogen-bond donors (Lipinski definition) is 1. The normalized spacial score (nSPS) is 12.0. The lowest BCUT2D eigenvalue weighted by Crippen LogP contribution is -2.32. The second-order valence-electron chi connectivity index (χ2n) is 4.60. The summed E-state index contributed by atoms with van der Waals surface area (Å²) in [5.74, 6) is 0.159. The molecule has 0 bridgehead atoms. The fourth-order valence-corrected chi connectivity index (χ4v) is 3.01. The van der Waals surface area contributed by atoms with Gasteiger partial charge in [0.05, 0.1) is 10.6 Å². The number of sulfone groups is 1. The first-order valence-electron chi connectivity index (χ1n) is 6.52. The van der Waals surface area contributed by atoms with Gasteiger partial charge in [-0.25, -0.2) is 8.42 Å². The summed E-state index contributed by atoms with van der Waals surface area (Å²) < 4.78 is 24.1. The minimum Gasteiger partial charge on any atom is -0.313 e. The van der Waals surface area contributed by atoms with Gasteiger partial charge in [-0.15, -0.1) is 0 Å². The van der Waals surface area contributed by atoms with Crippen molar-refractivity contribution in [3.63, 3.8) is 0 Å². The van der Waals surface area contributed by atoms with E-state index in [1.54, 1.807) is 12.1 Å². The molecule has 0 saturated heterocycles. The molecule has 3 nitrogen and oxygen atoms in total. The third-order valence-corrected chi connectivity index (χ3v) is 4.90. The molecule has 0 aliphatic heterocycles. The molecule has 0 heterocycles. The summed E-state index contributed by atoms with van der Waals surface area (Å²) >= 11 is 0. The Morgan fingerprint density at radius 1 is 1.11 bits per heavy atom. The average molecular weight is 269 g/mol. The molecule has 4 heteroatoms. The summed E-state index contributed by atoms with van der Waals surface area (Å²) in [6.45, 7) is 6.68. The average Bonchev–Trinajstić information content (AvgIpc) is 2.35. The van der Waals surface area contributed by atoms with Gasteiger partial charge in [0.2, 0.25) is 0 Å². The van der Waals surface area contributed by atoms with E-state index in [1.165, 1.54) is 0 Å². The van der Waals surface area contributed by atoms with Gasteiger partial charge in [-0.05, 0) is 31.9 Å². The zero-order chi connectivity index (χ0) is 13.6. The fraction of sp³-hybridized carbons (Fsp3) is 0.571. The molecule has 0 spiro atoms. The van der Waals surface area contributed by atoms with E-state index in [0.717, 1.165) is 18.4 Å². The Bertz CT molecular complexity index is 447. The van der Waals surface area contributed by atoms with Gasteiger partial charge in [0.1, 0.15) is 0 Å². The number of aryl methyl sites for hydroxylation is 1. The summed E-state index contributed by atoms with van der Waals surface area (Å²) in [6, 6.07) is 7.45. The monoisotopic (exact) mass is 269 g/mol. The summed E-state index contributed by atoms with van der Waals surface area (Å²) in [6.07, 6.45) is 2.06. The van der Waals surface area contributed by atoms with Gasteiger partial charge in [-0.1, -0.05) is 31.5 Å². The minimum absolute atomic E-state index is 0.159. The maximum atomic E-state index is 12.1. The third-order valence-electron chi connectivity index (χ3n) is 3.17. The van der Waals surface area contributed by atoms with Crippen LogP contribution in [-0.2, 0) is 9.84 Å². The molecule has 0 fully saturated rings. The quantitative estimate of drug-likeness (QED) is 0.827. The van der Waals surface area contributed by atoms with E-state index in [9.17, 15) is 8.42 Å². The largest absolute Gasteiger partial charge is 0.313 e. The number of benzene rings is 1. The van der Waals surface area contributed by atoms with Crippen LogP contribution in [0, 0.1) is 6.92 Å². The molecular formula is C14H23NO2S. The second-order valence-corrected chi connectivity index (χ2v) is 6.71. The Hall–Kier alpha value is -0.870. The first-order chi connectivity index (χ1) is 8.49. The van der Waals surface area contributed by atoms with Crippen LogP contribution in [0.5, 0.6) is 0 Å². The van der Waals surface area contributed by atoms with Crippen LogP contribution in [0.4, 0.5) is 0 Å². The molecule has 18 heavy (non-hydrogen) atoms. The van der Waals surface area contributed by atoms with Gasteiger partial charge in [0, 0.05) is 12.6 Å². The molecular weight excluding hydrogens is 246 g/mol. The van der Waals surface area contributed by atoms with Crippen molar-refractivity contribution in [2.45, 2.75) is 44.6 Å². The van der Waals surface area contributed by atoms with Crippen molar-refractivity contribution in [3.8, 4) is 0 Å². The maximum absolute atomic E-state index is 12.1. The van der Waals surface area contributed by atoms with Crippen molar-refractivity contribution < 1.29 is 8.42 Å². The maximum Gasteiger partial charge on any atom is 0.179 e. The number of rotatable bonds is 7. The van der Waals surface area contributed by atoms with E-state index in [2.05, 4.69) is 19.2 Å². The van der Waals surface area contributed by atoms with Crippen LogP contribution >= 0.6 is 0 Å². The first-order valence-corrected chi connectivity index (χ1v) is 8.17.